The lowest BCUT2D eigenvalue weighted by molar-refractivity contribution is -0.116. The minimum Gasteiger partial charge on any atom is -0.352 e. The standard InChI is InChI=1S/C29H27BrFN5OS/c1-18-17-22(19(2)36(18)21-12-10-20(30)11-13-21)28-27(25-9-5-6-15-32-25)34-29(38)35(28)16-14-26(37)33-24-8-4-3-7-23(24)31/h3-13,15,17,27-28H,14,16H2,1-2H3,(H,33,37)(H,34,38)/t27-,28-/m1/s1. The summed E-state index contributed by atoms with van der Waals surface area (Å²) in [5, 5.41) is 6.67. The number of rotatable bonds is 7. The van der Waals surface area contributed by atoms with Crippen molar-refractivity contribution in [3.05, 3.63) is 112 Å². The summed E-state index contributed by atoms with van der Waals surface area (Å²) < 4.78 is 17.3. The first-order valence-electron chi connectivity index (χ1n) is 12.3. The van der Waals surface area contributed by atoms with E-state index in [1.807, 2.05) is 35.2 Å². The molecule has 0 aliphatic carbocycles. The van der Waals surface area contributed by atoms with E-state index in [9.17, 15) is 9.18 Å². The predicted molar refractivity (Wildman–Crippen MR) is 155 cm³/mol. The van der Waals surface area contributed by atoms with E-state index in [0.717, 1.165) is 32.8 Å². The van der Waals surface area contributed by atoms with E-state index < -0.39 is 5.82 Å². The van der Waals surface area contributed by atoms with Crippen LogP contribution in [0.1, 0.15) is 41.1 Å². The normalized spacial score (nSPS) is 16.9. The van der Waals surface area contributed by atoms with E-state index in [2.05, 4.69) is 68.2 Å². The van der Waals surface area contributed by atoms with E-state index in [4.69, 9.17) is 12.2 Å². The monoisotopic (exact) mass is 591 g/mol. The minimum atomic E-state index is -0.465. The van der Waals surface area contributed by atoms with Crippen LogP contribution in [0.4, 0.5) is 10.1 Å². The molecule has 2 aromatic heterocycles. The first kappa shape index (κ1) is 26.1. The van der Waals surface area contributed by atoms with Crippen molar-refractivity contribution in [2.24, 2.45) is 0 Å². The molecule has 0 bridgehead atoms. The van der Waals surface area contributed by atoms with Crippen molar-refractivity contribution in [1.29, 1.82) is 0 Å². The molecule has 1 aliphatic rings. The molecule has 3 heterocycles. The van der Waals surface area contributed by atoms with Crippen molar-refractivity contribution in [2.45, 2.75) is 32.4 Å². The van der Waals surface area contributed by atoms with Gasteiger partial charge in [0.05, 0.1) is 23.5 Å². The molecule has 6 nitrogen and oxygen atoms in total. The predicted octanol–water partition coefficient (Wildman–Crippen LogP) is 6.39. The summed E-state index contributed by atoms with van der Waals surface area (Å²) in [6.45, 7) is 4.55. The van der Waals surface area contributed by atoms with E-state index in [0.29, 0.717) is 11.7 Å². The lowest BCUT2D eigenvalue weighted by Gasteiger charge is -2.28. The van der Waals surface area contributed by atoms with E-state index in [1.54, 1.807) is 24.4 Å². The quantitative estimate of drug-likeness (QED) is 0.244. The van der Waals surface area contributed by atoms with Crippen LogP contribution >= 0.6 is 28.1 Å². The van der Waals surface area contributed by atoms with Gasteiger partial charge in [0.25, 0.3) is 0 Å². The van der Waals surface area contributed by atoms with E-state index in [1.165, 1.54) is 6.07 Å². The van der Waals surface area contributed by atoms with E-state index >= 15 is 0 Å². The van der Waals surface area contributed by atoms with Gasteiger partial charge in [0.2, 0.25) is 5.91 Å². The maximum atomic E-state index is 14.1. The van der Waals surface area contributed by atoms with Crippen LogP contribution in [0.2, 0.25) is 0 Å². The Morgan fingerprint density at radius 2 is 1.84 bits per heavy atom. The van der Waals surface area contributed by atoms with Crippen LogP contribution in [0.15, 0.2) is 83.5 Å². The molecule has 2 atom stereocenters. The number of para-hydroxylation sites is 1. The molecule has 38 heavy (non-hydrogen) atoms. The van der Waals surface area contributed by atoms with Gasteiger partial charge in [-0.3, -0.25) is 9.78 Å². The first-order valence-corrected chi connectivity index (χ1v) is 13.5. The zero-order chi connectivity index (χ0) is 26.8. The molecule has 1 amide bonds. The Kier molecular flexibility index (Phi) is 7.58. The number of carbonyl (C=O) groups excluding carboxylic acids is 1. The first-order chi connectivity index (χ1) is 18.3. The summed E-state index contributed by atoms with van der Waals surface area (Å²) in [4.78, 5) is 19.4. The number of thiocarbonyl (C=S) groups is 1. The highest BCUT2D eigenvalue weighted by molar-refractivity contribution is 9.10. The molecule has 1 fully saturated rings. The highest BCUT2D eigenvalue weighted by atomic mass is 79.9. The number of hydrogen-bond donors (Lipinski definition) is 2. The van der Waals surface area contributed by atoms with Gasteiger partial charge in [-0.25, -0.2) is 4.39 Å². The number of halogens is 2. The van der Waals surface area contributed by atoms with Gasteiger partial charge in [0, 0.05) is 40.7 Å². The lowest BCUT2D eigenvalue weighted by atomic mass is 9.96. The Bertz CT molecular complexity index is 1470. The number of amides is 1. The number of nitrogens with one attached hydrogen (secondary N) is 2. The van der Waals surface area contributed by atoms with Crippen LogP contribution in [-0.2, 0) is 4.79 Å². The molecular weight excluding hydrogens is 565 g/mol. The maximum absolute atomic E-state index is 14.1. The van der Waals surface area contributed by atoms with Gasteiger partial charge < -0.3 is 20.1 Å². The summed E-state index contributed by atoms with van der Waals surface area (Å²) in [6, 6.07) is 22.0. The molecule has 0 saturated carbocycles. The molecule has 1 aliphatic heterocycles. The molecule has 4 aromatic rings. The molecule has 2 aromatic carbocycles. The minimum absolute atomic E-state index is 0.146. The number of aromatic nitrogens is 2. The number of anilines is 1. The van der Waals surface area contributed by atoms with E-state index in [-0.39, 0.29) is 30.1 Å². The molecule has 194 valence electrons. The zero-order valence-corrected chi connectivity index (χ0v) is 23.4. The highest BCUT2D eigenvalue weighted by Crippen LogP contribution is 2.41. The Balaban J connectivity index is 1.47. The topological polar surface area (TPSA) is 62.2 Å². The Labute approximate surface area is 235 Å². The van der Waals surface area contributed by atoms with Gasteiger partial charge >= 0.3 is 0 Å². The Hall–Kier alpha value is -3.56. The fourth-order valence-corrected chi connectivity index (χ4v) is 5.65. The highest BCUT2D eigenvalue weighted by Gasteiger charge is 2.41. The van der Waals surface area contributed by atoms with Gasteiger partial charge in [-0.2, -0.15) is 0 Å². The third-order valence-corrected chi connectivity index (χ3v) is 7.68. The maximum Gasteiger partial charge on any atom is 0.226 e. The number of aryl methyl sites for hydroxylation is 1. The Morgan fingerprint density at radius 1 is 1.11 bits per heavy atom. The molecule has 9 heteroatoms. The van der Waals surface area contributed by atoms with Crippen molar-refractivity contribution in [1.82, 2.24) is 19.8 Å². The lowest BCUT2D eigenvalue weighted by Crippen LogP contribution is -2.33. The van der Waals surface area contributed by atoms with Crippen molar-refractivity contribution in [3.63, 3.8) is 0 Å². The second kappa shape index (κ2) is 11.0. The van der Waals surface area contributed by atoms with Crippen LogP contribution in [0.3, 0.4) is 0 Å². The van der Waals surface area contributed by atoms with Crippen molar-refractivity contribution >= 4 is 44.9 Å². The van der Waals surface area contributed by atoms with Crippen molar-refractivity contribution in [2.75, 3.05) is 11.9 Å². The average molecular weight is 593 g/mol. The van der Waals surface area contributed by atoms with Crippen LogP contribution in [0, 0.1) is 19.7 Å². The third-order valence-electron chi connectivity index (χ3n) is 6.80. The zero-order valence-electron chi connectivity index (χ0n) is 21.0. The molecule has 2 N–H and O–H groups in total. The smallest absolute Gasteiger partial charge is 0.226 e. The van der Waals surface area contributed by atoms with Gasteiger partial charge in [0.15, 0.2) is 5.11 Å². The fourth-order valence-electron chi connectivity index (χ4n) is 5.06. The van der Waals surface area contributed by atoms with Gasteiger partial charge in [-0.05, 0) is 86.2 Å². The number of carbonyl (C=O) groups is 1. The van der Waals surface area contributed by atoms with Gasteiger partial charge in [0.1, 0.15) is 5.82 Å². The number of nitrogens with zero attached hydrogens (tertiary/aromatic N) is 3. The Morgan fingerprint density at radius 3 is 2.55 bits per heavy atom. The second-order valence-electron chi connectivity index (χ2n) is 9.24. The summed E-state index contributed by atoms with van der Waals surface area (Å²) in [6.07, 6.45) is 1.92. The molecule has 0 radical (unpaired) electrons. The van der Waals surface area contributed by atoms with Gasteiger partial charge in [-0.1, -0.05) is 34.1 Å². The largest absolute Gasteiger partial charge is 0.352 e. The third kappa shape index (κ3) is 5.21. The van der Waals surface area contributed by atoms with Crippen molar-refractivity contribution in [3.8, 4) is 5.69 Å². The van der Waals surface area contributed by atoms with Crippen LogP contribution in [0.5, 0.6) is 0 Å². The number of pyridine rings is 1. The fraction of sp³-hybridized carbons (Fsp3) is 0.207. The van der Waals surface area contributed by atoms with Crippen LogP contribution in [0.25, 0.3) is 5.69 Å². The summed E-state index contributed by atoms with van der Waals surface area (Å²) >= 11 is 9.29. The summed E-state index contributed by atoms with van der Waals surface area (Å²) in [5.74, 6) is -0.744. The molecule has 0 unspecified atom stereocenters. The summed E-state index contributed by atoms with van der Waals surface area (Å²) in [5.41, 5.74) is 5.38. The number of hydrogen-bond acceptors (Lipinski definition) is 3. The number of benzene rings is 2. The summed E-state index contributed by atoms with van der Waals surface area (Å²) in [7, 11) is 0. The molecule has 0 spiro atoms. The second-order valence-corrected chi connectivity index (χ2v) is 10.5. The van der Waals surface area contributed by atoms with Gasteiger partial charge in [-0.15, -0.1) is 0 Å². The van der Waals surface area contributed by atoms with Crippen LogP contribution in [-0.4, -0.2) is 32.0 Å². The SMILES string of the molecule is Cc1cc([C@@H]2[C@@H](c3ccccn3)NC(=S)N2CCC(=O)Nc2ccccc2F)c(C)n1-c1ccc(Br)cc1. The van der Waals surface area contributed by atoms with Crippen LogP contribution < -0.4 is 10.6 Å². The average Bonchev–Trinajstić information content (AvgIpc) is 3.39. The van der Waals surface area contributed by atoms with Crippen molar-refractivity contribution < 1.29 is 9.18 Å². The molecule has 1 saturated heterocycles. The molecular formula is C29H27BrFN5OS. The molecule has 5 rings (SSSR count).